The number of aromatic nitrogens is 2. The van der Waals surface area contributed by atoms with Gasteiger partial charge in [-0.05, 0) is 24.3 Å². The van der Waals surface area contributed by atoms with Crippen LogP contribution >= 0.6 is 0 Å². The molecule has 31 heavy (non-hydrogen) atoms. The third kappa shape index (κ3) is 5.21. The van der Waals surface area contributed by atoms with Crippen molar-refractivity contribution in [1.82, 2.24) is 14.9 Å². The number of ether oxygens (including phenoxy) is 2. The number of amides is 1. The highest BCUT2D eigenvalue weighted by molar-refractivity contribution is 5.76. The summed E-state index contributed by atoms with van der Waals surface area (Å²) in [5.74, 6) is -0.473. The Labute approximate surface area is 178 Å². The number of rotatable bonds is 6. The lowest BCUT2D eigenvalue weighted by molar-refractivity contribution is -0.139. The molecule has 3 aromatic rings. The molecule has 2 aromatic carbocycles. The van der Waals surface area contributed by atoms with E-state index in [4.69, 9.17) is 9.47 Å². The summed E-state index contributed by atoms with van der Waals surface area (Å²) in [5, 5.41) is 0. The lowest BCUT2D eigenvalue weighted by atomic mass is 10.0. The minimum atomic E-state index is -0.478. The van der Waals surface area contributed by atoms with Gasteiger partial charge in [-0.25, -0.2) is 8.78 Å². The van der Waals surface area contributed by atoms with Gasteiger partial charge in [0.05, 0.1) is 37.6 Å². The topological polar surface area (TPSA) is 64.5 Å². The van der Waals surface area contributed by atoms with E-state index in [0.717, 1.165) is 0 Å². The van der Waals surface area contributed by atoms with Gasteiger partial charge >= 0.3 is 0 Å². The van der Waals surface area contributed by atoms with Gasteiger partial charge in [0, 0.05) is 30.6 Å². The van der Waals surface area contributed by atoms with Gasteiger partial charge in [0.2, 0.25) is 5.91 Å². The van der Waals surface area contributed by atoms with Crippen LogP contribution in [0.25, 0.3) is 11.3 Å². The zero-order valence-electron chi connectivity index (χ0n) is 16.7. The van der Waals surface area contributed by atoms with Crippen LogP contribution < -0.4 is 4.74 Å². The Morgan fingerprint density at radius 2 is 1.87 bits per heavy atom. The molecule has 1 aliphatic rings. The van der Waals surface area contributed by atoms with E-state index in [1.807, 2.05) is 0 Å². The van der Waals surface area contributed by atoms with Crippen LogP contribution in [0.1, 0.15) is 18.2 Å². The summed E-state index contributed by atoms with van der Waals surface area (Å²) in [6.45, 7) is 1.25. The van der Waals surface area contributed by atoms with E-state index >= 15 is 0 Å². The van der Waals surface area contributed by atoms with Crippen LogP contribution in [-0.2, 0) is 9.53 Å². The second-order valence-electron chi connectivity index (χ2n) is 7.06. The molecule has 0 spiro atoms. The van der Waals surface area contributed by atoms with Crippen LogP contribution in [0.4, 0.5) is 8.78 Å². The number of carbonyl (C=O) groups excluding carboxylic acids is 1. The number of halogens is 2. The average molecular weight is 425 g/mol. The third-order valence-corrected chi connectivity index (χ3v) is 4.93. The van der Waals surface area contributed by atoms with Crippen LogP contribution in [0.3, 0.4) is 0 Å². The normalized spacial score (nSPS) is 16.2. The Balaban J connectivity index is 1.41. The molecule has 0 radical (unpaired) electrons. The zero-order valence-corrected chi connectivity index (χ0v) is 16.7. The molecule has 160 valence electrons. The van der Waals surface area contributed by atoms with Crippen LogP contribution in [0.2, 0.25) is 0 Å². The minimum Gasteiger partial charge on any atom is -0.493 e. The molecular weight excluding hydrogens is 404 g/mol. The van der Waals surface area contributed by atoms with Crippen molar-refractivity contribution in [2.24, 2.45) is 0 Å². The fraction of sp³-hybridized carbons (Fsp3) is 0.261. The molecule has 6 nitrogen and oxygen atoms in total. The van der Waals surface area contributed by atoms with E-state index < -0.39 is 11.9 Å². The van der Waals surface area contributed by atoms with Crippen molar-refractivity contribution in [3.63, 3.8) is 0 Å². The van der Waals surface area contributed by atoms with Gasteiger partial charge < -0.3 is 14.4 Å². The quantitative estimate of drug-likeness (QED) is 0.601. The van der Waals surface area contributed by atoms with Crippen LogP contribution in [-0.4, -0.2) is 47.1 Å². The summed E-state index contributed by atoms with van der Waals surface area (Å²) in [4.78, 5) is 23.1. The summed E-state index contributed by atoms with van der Waals surface area (Å²) >= 11 is 0. The largest absolute Gasteiger partial charge is 0.493 e. The standard InChI is InChI=1S/C23H21F2N3O3/c24-17-4-1-3-16(13-17)22-23(27-9-8-26-22)20-15-28(10-12-31-20)21(29)7-11-30-19-6-2-5-18(25)14-19/h1-6,8-9,13-14,20H,7,10-12,15H2. The number of carbonyl (C=O) groups is 1. The number of hydrogen-bond donors (Lipinski definition) is 0. The molecule has 0 saturated carbocycles. The number of nitrogens with zero attached hydrogens (tertiary/aromatic N) is 3. The summed E-state index contributed by atoms with van der Waals surface area (Å²) in [6, 6.07) is 11.9. The molecule has 0 N–H and O–H groups in total. The third-order valence-electron chi connectivity index (χ3n) is 4.93. The number of morpholine rings is 1. The Morgan fingerprint density at radius 3 is 2.68 bits per heavy atom. The lowest BCUT2D eigenvalue weighted by Gasteiger charge is -2.33. The molecule has 1 fully saturated rings. The molecule has 1 saturated heterocycles. The average Bonchev–Trinajstić information content (AvgIpc) is 2.79. The van der Waals surface area contributed by atoms with Gasteiger partial charge in [-0.3, -0.25) is 14.8 Å². The van der Waals surface area contributed by atoms with Gasteiger partial charge in [-0.15, -0.1) is 0 Å². The predicted molar refractivity (Wildman–Crippen MR) is 109 cm³/mol. The van der Waals surface area contributed by atoms with Gasteiger partial charge in [-0.2, -0.15) is 0 Å². The SMILES string of the molecule is O=C(CCOc1cccc(F)c1)N1CCOC(c2nccnc2-c2cccc(F)c2)C1. The van der Waals surface area contributed by atoms with Crippen LogP contribution in [0.5, 0.6) is 5.75 Å². The van der Waals surface area contributed by atoms with Gasteiger partial charge in [-0.1, -0.05) is 18.2 Å². The van der Waals surface area contributed by atoms with Crippen molar-refractivity contribution in [1.29, 1.82) is 0 Å². The summed E-state index contributed by atoms with van der Waals surface area (Å²) < 4.78 is 38.2. The molecule has 1 unspecified atom stereocenters. The van der Waals surface area contributed by atoms with E-state index in [1.54, 1.807) is 41.6 Å². The molecule has 2 heterocycles. The van der Waals surface area contributed by atoms with Crippen LogP contribution in [0.15, 0.2) is 60.9 Å². The number of hydrogen-bond acceptors (Lipinski definition) is 5. The monoisotopic (exact) mass is 425 g/mol. The maximum Gasteiger partial charge on any atom is 0.226 e. The molecular formula is C23H21F2N3O3. The van der Waals surface area contributed by atoms with Crippen molar-refractivity contribution in [3.8, 4) is 17.0 Å². The Kier molecular flexibility index (Phi) is 6.47. The second kappa shape index (κ2) is 9.61. The van der Waals surface area contributed by atoms with E-state index in [0.29, 0.717) is 42.4 Å². The van der Waals surface area contributed by atoms with E-state index in [9.17, 15) is 13.6 Å². The Hall–Kier alpha value is -3.39. The van der Waals surface area contributed by atoms with Gasteiger partial charge in [0.25, 0.3) is 0 Å². The highest BCUT2D eigenvalue weighted by atomic mass is 19.1. The molecule has 0 aliphatic carbocycles. The first-order chi connectivity index (χ1) is 15.1. The van der Waals surface area contributed by atoms with E-state index in [2.05, 4.69) is 9.97 Å². The maximum atomic E-state index is 13.7. The molecule has 1 amide bonds. The molecule has 0 bridgehead atoms. The van der Waals surface area contributed by atoms with Gasteiger partial charge in [0.15, 0.2) is 0 Å². The predicted octanol–water partition coefficient (Wildman–Crippen LogP) is 3.79. The Bertz CT molecular complexity index is 1060. The zero-order chi connectivity index (χ0) is 21.6. The highest BCUT2D eigenvalue weighted by Crippen LogP contribution is 2.29. The fourth-order valence-corrected chi connectivity index (χ4v) is 3.45. The molecule has 1 aromatic heterocycles. The Morgan fingerprint density at radius 1 is 1.10 bits per heavy atom. The molecule has 1 aliphatic heterocycles. The molecule has 8 heteroatoms. The van der Waals surface area contributed by atoms with Crippen molar-refractivity contribution in [2.45, 2.75) is 12.5 Å². The summed E-state index contributed by atoms with van der Waals surface area (Å²) in [6.07, 6.45) is 2.77. The summed E-state index contributed by atoms with van der Waals surface area (Å²) in [7, 11) is 0. The fourth-order valence-electron chi connectivity index (χ4n) is 3.45. The maximum absolute atomic E-state index is 13.7. The minimum absolute atomic E-state index is 0.0964. The molecule has 4 rings (SSSR count). The second-order valence-corrected chi connectivity index (χ2v) is 7.06. The van der Waals surface area contributed by atoms with Crippen molar-refractivity contribution in [3.05, 3.63) is 78.3 Å². The first-order valence-corrected chi connectivity index (χ1v) is 9.95. The lowest BCUT2D eigenvalue weighted by Crippen LogP contribution is -2.43. The first-order valence-electron chi connectivity index (χ1n) is 9.95. The van der Waals surface area contributed by atoms with E-state index in [-0.39, 0.29) is 24.8 Å². The van der Waals surface area contributed by atoms with Crippen molar-refractivity contribution in [2.75, 3.05) is 26.3 Å². The first kappa shape index (κ1) is 20.9. The number of benzene rings is 2. The summed E-state index contributed by atoms with van der Waals surface area (Å²) in [5.41, 5.74) is 1.68. The highest BCUT2D eigenvalue weighted by Gasteiger charge is 2.28. The smallest absolute Gasteiger partial charge is 0.226 e. The van der Waals surface area contributed by atoms with E-state index in [1.165, 1.54) is 24.3 Å². The van der Waals surface area contributed by atoms with Crippen LogP contribution in [0, 0.1) is 11.6 Å². The van der Waals surface area contributed by atoms with Crippen molar-refractivity contribution >= 4 is 5.91 Å². The van der Waals surface area contributed by atoms with Crippen molar-refractivity contribution < 1.29 is 23.0 Å². The van der Waals surface area contributed by atoms with Gasteiger partial charge in [0.1, 0.15) is 23.5 Å². The molecule has 1 atom stereocenters.